The van der Waals surface area contributed by atoms with E-state index in [0.717, 1.165) is 15.8 Å². The number of rotatable bonds is 4. The fourth-order valence-corrected chi connectivity index (χ4v) is 1.78. The van der Waals surface area contributed by atoms with Gasteiger partial charge < -0.3 is 10.2 Å². The number of halogens is 1. The maximum atomic E-state index is 5.65. The van der Waals surface area contributed by atoms with E-state index < -0.39 is 0 Å². The molecule has 0 saturated heterocycles. The molecular weight excluding hydrogens is 282 g/mol. The van der Waals surface area contributed by atoms with E-state index in [4.69, 9.17) is 10.6 Å². The number of hydrazine groups is 1. The van der Waals surface area contributed by atoms with Crippen LogP contribution in [0.1, 0.15) is 5.56 Å². The third-order valence-electron chi connectivity index (χ3n) is 2.22. The van der Waals surface area contributed by atoms with E-state index >= 15 is 0 Å². The van der Waals surface area contributed by atoms with Gasteiger partial charge in [0.1, 0.15) is 18.2 Å². The molecule has 0 radical (unpaired) electrons. The summed E-state index contributed by atoms with van der Waals surface area (Å²) in [4.78, 5) is 4.10. The first-order valence-electron chi connectivity index (χ1n) is 5.08. The number of anilines is 1. The van der Waals surface area contributed by atoms with E-state index in [1.165, 1.54) is 0 Å². The maximum Gasteiger partial charge on any atom is 0.146 e. The Labute approximate surface area is 108 Å². The molecule has 1 aromatic carbocycles. The van der Waals surface area contributed by atoms with Gasteiger partial charge in [0.2, 0.25) is 0 Å². The summed E-state index contributed by atoms with van der Waals surface area (Å²) in [5.41, 5.74) is 3.45. The molecule has 88 valence electrons. The number of nitrogens with two attached hydrogens (primary N) is 1. The highest BCUT2D eigenvalue weighted by Crippen LogP contribution is 2.20. The van der Waals surface area contributed by atoms with Gasteiger partial charge in [0, 0.05) is 16.2 Å². The average molecular weight is 294 g/mol. The fourth-order valence-electron chi connectivity index (χ4n) is 1.40. The summed E-state index contributed by atoms with van der Waals surface area (Å²) in [7, 11) is 0. The van der Waals surface area contributed by atoms with Gasteiger partial charge in [-0.25, -0.2) is 10.8 Å². The number of nitrogens with one attached hydrogen (secondary N) is 1. The number of ether oxygens (including phenoxy) is 1. The Morgan fingerprint density at radius 3 is 2.94 bits per heavy atom. The Kier molecular flexibility index (Phi) is 3.95. The van der Waals surface area contributed by atoms with E-state index in [2.05, 4.69) is 26.3 Å². The standard InChI is InChI=1S/C12H12BrN3O/c13-10-4-1-5-11(7-10)17-8-9-3-2-6-15-12(9)16-14/h1-7H,8,14H2,(H,15,16). The first-order valence-corrected chi connectivity index (χ1v) is 5.88. The first-order chi connectivity index (χ1) is 8.29. The van der Waals surface area contributed by atoms with Gasteiger partial charge in [-0.3, -0.25) is 0 Å². The molecule has 2 rings (SSSR count). The highest BCUT2D eigenvalue weighted by molar-refractivity contribution is 9.10. The second-order valence-corrected chi connectivity index (χ2v) is 4.32. The fraction of sp³-hybridized carbons (Fsp3) is 0.0833. The van der Waals surface area contributed by atoms with Gasteiger partial charge in [-0.1, -0.05) is 28.1 Å². The van der Waals surface area contributed by atoms with Gasteiger partial charge in [0.25, 0.3) is 0 Å². The minimum atomic E-state index is 0.420. The summed E-state index contributed by atoms with van der Waals surface area (Å²) in [5, 5.41) is 0. The van der Waals surface area contributed by atoms with E-state index in [1.807, 2.05) is 36.4 Å². The van der Waals surface area contributed by atoms with E-state index in [0.29, 0.717) is 12.4 Å². The molecule has 3 N–H and O–H groups in total. The summed E-state index contributed by atoms with van der Waals surface area (Å²) < 4.78 is 6.63. The molecule has 0 atom stereocenters. The summed E-state index contributed by atoms with van der Waals surface area (Å²) in [5.74, 6) is 6.79. The minimum absolute atomic E-state index is 0.420. The summed E-state index contributed by atoms with van der Waals surface area (Å²) in [6.45, 7) is 0.420. The van der Waals surface area contributed by atoms with Crippen molar-refractivity contribution in [3.63, 3.8) is 0 Å². The lowest BCUT2D eigenvalue weighted by molar-refractivity contribution is 0.306. The van der Waals surface area contributed by atoms with Crippen molar-refractivity contribution in [2.45, 2.75) is 6.61 Å². The second-order valence-electron chi connectivity index (χ2n) is 3.40. The number of nitrogen functional groups attached to an aromatic ring is 1. The van der Waals surface area contributed by atoms with Crippen LogP contribution in [0.25, 0.3) is 0 Å². The number of hydrogen-bond donors (Lipinski definition) is 2. The van der Waals surface area contributed by atoms with Crippen LogP contribution in [-0.2, 0) is 6.61 Å². The van der Waals surface area contributed by atoms with Crippen molar-refractivity contribution in [2.24, 2.45) is 5.84 Å². The maximum absolute atomic E-state index is 5.65. The van der Waals surface area contributed by atoms with E-state index in [1.54, 1.807) is 6.20 Å². The van der Waals surface area contributed by atoms with E-state index in [9.17, 15) is 0 Å². The van der Waals surface area contributed by atoms with Crippen molar-refractivity contribution in [3.05, 3.63) is 52.6 Å². The number of hydrogen-bond acceptors (Lipinski definition) is 4. The van der Waals surface area contributed by atoms with Crippen LogP contribution in [0.4, 0.5) is 5.82 Å². The largest absolute Gasteiger partial charge is 0.489 e. The van der Waals surface area contributed by atoms with Crippen LogP contribution >= 0.6 is 15.9 Å². The van der Waals surface area contributed by atoms with Gasteiger partial charge in [-0.2, -0.15) is 0 Å². The minimum Gasteiger partial charge on any atom is -0.489 e. The predicted molar refractivity (Wildman–Crippen MR) is 70.5 cm³/mol. The summed E-state index contributed by atoms with van der Waals surface area (Å²) >= 11 is 3.39. The molecule has 0 spiro atoms. The van der Waals surface area contributed by atoms with Crippen molar-refractivity contribution in [3.8, 4) is 5.75 Å². The van der Waals surface area contributed by atoms with Crippen molar-refractivity contribution in [1.82, 2.24) is 4.98 Å². The lowest BCUT2D eigenvalue weighted by atomic mass is 10.2. The molecule has 0 aliphatic heterocycles. The third-order valence-corrected chi connectivity index (χ3v) is 2.71. The predicted octanol–water partition coefficient (Wildman–Crippen LogP) is 2.71. The highest BCUT2D eigenvalue weighted by Gasteiger charge is 2.02. The van der Waals surface area contributed by atoms with Crippen LogP contribution in [0.5, 0.6) is 5.75 Å². The molecule has 1 aromatic heterocycles. The zero-order chi connectivity index (χ0) is 12.1. The molecule has 0 saturated carbocycles. The summed E-state index contributed by atoms with van der Waals surface area (Å²) in [6.07, 6.45) is 1.68. The molecule has 0 fully saturated rings. The molecule has 0 aliphatic rings. The number of pyridine rings is 1. The van der Waals surface area contributed by atoms with Crippen LogP contribution in [-0.4, -0.2) is 4.98 Å². The van der Waals surface area contributed by atoms with Gasteiger partial charge >= 0.3 is 0 Å². The van der Waals surface area contributed by atoms with Crippen molar-refractivity contribution < 1.29 is 4.74 Å². The average Bonchev–Trinajstić information content (AvgIpc) is 2.37. The second kappa shape index (κ2) is 5.65. The molecule has 0 aliphatic carbocycles. The summed E-state index contributed by atoms with van der Waals surface area (Å²) in [6, 6.07) is 11.4. The van der Waals surface area contributed by atoms with Crippen molar-refractivity contribution >= 4 is 21.7 Å². The van der Waals surface area contributed by atoms with Crippen molar-refractivity contribution in [2.75, 3.05) is 5.43 Å². The molecule has 4 nitrogen and oxygen atoms in total. The zero-order valence-electron chi connectivity index (χ0n) is 9.06. The van der Waals surface area contributed by atoms with Crippen LogP contribution in [0.15, 0.2) is 47.1 Å². The van der Waals surface area contributed by atoms with Crippen LogP contribution in [0, 0.1) is 0 Å². The zero-order valence-corrected chi connectivity index (χ0v) is 10.6. The molecular formula is C12H12BrN3O. The van der Waals surface area contributed by atoms with Crippen molar-refractivity contribution in [1.29, 1.82) is 0 Å². The van der Waals surface area contributed by atoms with Crippen LogP contribution < -0.4 is 16.0 Å². The van der Waals surface area contributed by atoms with Crippen LogP contribution in [0.3, 0.4) is 0 Å². The van der Waals surface area contributed by atoms with Gasteiger partial charge in [0.15, 0.2) is 0 Å². The number of benzene rings is 1. The Morgan fingerprint density at radius 2 is 2.18 bits per heavy atom. The lowest BCUT2D eigenvalue weighted by Gasteiger charge is -2.09. The monoisotopic (exact) mass is 293 g/mol. The SMILES string of the molecule is NNc1ncccc1COc1cccc(Br)c1. The Morgan fingerprint density at radius 1 is 1.29 bits per heavy atom. The van der Waals surface area contributed by atoms with Gasteiger partial charge in [-0.15, -0.1) is 0 Å². The Hall–Kier alpha value is -1.59. The molecule has 1 heterocycles. The highest BCUT2D eigenvalue weighted by atomic mass is 79.9. The number of aromatic nitrogens is 1. The quantitative estimate of drug-likeness (QED) is 0.672. The molecule has 17 heavy (non-hydrogen) atoms. The number of nitrogens with zero attached hydrogens (tertiary/aromatic N) is 1. The van der Waals surface area contributed by atoms with Crippen LogP contribution in [0.2, 0.25) is 0 Å². The normalized spacial score (nSPS) is 10.0. The third kappa shape index (κ3) is 3.18. The van der Waals surface area contributed by atoms with Gasteiger partial charge in [0.05, 0.1) is 0 Å². The molecule has 0 unspecified atom stereocenters. The molecule has 0 amide bonds. The first kappa shape index (κ1) is 11.9. The lowest BCUT2D eigenvalue weighted by Crippen LogP contribution is -2.12. The topological polar surface area (TPSA) is 60.2 Å². The Bertz CT molecular complexity index is 505. The molecule has 5 heteroatoms. The molecule has 0 bridgehead atoms. The van der Waals surface area contributed by atoms with Gasteiger partial charge in [-0.05, 0) is 24.3 Å². The Balaban J connectivity index is 2.07. The molecule has 2 aromatic rings. The van der Waals surface area contributed by atoms with E-state index in [-0.39, 0.29) is 0 Å². The smallest absolute Gasteiger partial charge is 0.146 e.